The summed E-state index contributed by atoms with van der Waals surface area (Å²) in [5, 5.41) is 18.9. The maximum Gasteiger partial charge on any atom is 0.264 e. The number of piperidine rings is 1. The zero-order chi connectivity index (χ0) is 25.4. The van der Waals surface area contributed by atoms with E-state index in [2.05, 4.69) is 15.2 Å². The summed E-state index contributed by atoms with van der Waals surface area (Å²) in [6.45, 7) is 5.93. The fourth-order valence-corrected chi connectivity index (χ4v) is 5.96. The number of aliphatic hydroxyl groups is 1. The molecule has 5 rings (SSSR count). The van der Waals surface area contributed by atoms with Crippen LogP contribution >= 0.6 is 11.6 Å². The van der Waals surface area contributed by atoms with Gasteiger partial charge in [-0.25, -0.2) is 5.10 Å². The number of hydrogen-bond donors (Lipinski definition) is 2. The van der Waals surface area contributed by atoms with E-state index in [1.54, 1.807) is 18.3 Å². The summed E-state index contributed by atoms with van der Waals surface area (Å²) in [7, 11) is 0. The van der Waals surface area contributed by atoms with E-state index in [0.29, 0.717) is 37.0 Å². The van der Waals surface area contributed by atoms with Crippen LogP contribution in [0.25, 0.3) is 0 Å². The molecule has 9 heteroatoms. The number of H-pyrrole nitrogens is 1. The molecule has 2 aliphatic rings. The maximum atomic E-state index is 14.0. The third-order valence-electron chi connectivity index (χ3n) is 7.79. The fraction of sp³-hybridized carbons (Fsp3) is 0.407. The molecule has 1 aromatic carbocycles. The van der Waals surface area contributed by atoms with E-state index < -0.39 is 5.60 Å². The van der Waals surface area contributed by atoms with Gasteiger partial charge in [-0.1, -0.05) is 55.8 Å². The van der Waals surface area contributed by atoms with E-state index in [1.807, 2.05) is 60.0 Å². The van der Waals surface area contributed by atoms with Crippen molar-refractivity contribution in [2.24, 2.45) is 17.8 Å². The van der Waals surface area contributed by atoms with Gasteiger partial charge in [-0.2, -0.15) is 5.10 Å². The van der Waals surface area contributed by atoms with Crippen LogP contribution in [0.15, 0.2) is 65.6 Å². The van der Waals surface area contributed by atoms with Crippen LogP contribution in [0.3, 0.4) is 0 Å². The number of benzene rings is 1. The van der Waals surface area contributed by atoms with Crippen molar-refractivity contribution >= 4 is 23.3 Å². The topological polar surface area (TPSA) is 102 Å². The lowest BCUT2D eigenvalue weighted by Crippen LogP contribution is -2.57. The molecule has 1 amide bonds. The van der Waals surface area contributed by atoms with Crippen molar-refractivity contribution in [3.8, 4) is 0 Å². The van der Waals surface area contributed by atoms with Crippen molar-refractivity contribution in [3.05, 3.63) is 87.4 Å². The highest BCUT2D eigenvalue weighted by Crippen LogP contribution is 2.43. The number of nitrogens with one attached hydrogen (secondary N) is 1. The van der Waals surface area contributed by atoms with Gasteiger partial charge in [0.15, 0.2) is 0 Å². The van der Waals surface area contributed by atoms with Crippen molar-refractivity contribution in [3.63, 3.8) is 0 Å². The number of carbonyl (C=O) groups excluding carboxylic acids is 1. The molecular weight excluding hydrogens is 478 g/mol. The first-order valence-electron chi connectivity index (χ1n) is 12.3. The molecule has 4 heterocycles. The van der Waals surface area contributed by atoms with Crippen LogP contribution < -0.4 is 10.5 Å². The monoisotopic (exact) mass is 507 g/mol. The molecule has 2 N–H and O–H groups in total. The number of halogens is 1. The molecule has 0 bridgehead atoms. The zero-order valence-corrected chi connectivity index (χ0v) is 21.1. The molecule has 2 saturated heterocycles. The van der Waals surface area contributed by atoms with E-state index in [9.17, 15) is 14.7 Å². The first-order valence-corrected chi connectivity index (χ1v) is 12.6. The van der Waals surface area contributed by atoms with Gasteiger partial charge in [-0.3, -0.25) is 14.6 Å². The fourth-order valence-electron chi connectivity index (χ4n) is 5.85. The molecule has 0 saturated carbocycles. The Morgan fingerprint density at radius 2 is 1.75 bits per heavy atom. The second-order valence-electron chi connectivity index (χ2n) is 10.0. The number of anilines is 1. The molecule has 2 aromatic heterocycles. The van der Waals surface area contributed by atoms with Gasteiger partial charge in [0.2, 0.25) is 5.91 Å². The number of carbonyl (C=O) groups is 1. The Bertz CT molecular complexity index is 1250. The normalized spacial score (nSPS) is 28.3. The summed E-state index contributed by atoms with van der Waals surface area (Å²) in [4.78, 5) is 33.9. The Hall–Kier alpha value is -3.23. The Morgan fingerprint density at radius 3 is 2.36 bits per heavy atom. The van der Waals surface area contributed by atoms with E-state index >= 15 is 0 Å². The van der Waals surface area contributed by atoms with Crippen LogP contribution in [0.5, 0.6) is 0 Å². The molecule has 36 heavy (non-hydrogen) atoms. The average Bonchev–Trinajstić information content (AvgIpc) is 3.33. The molecule has 2 aliphatic heterocycles. The first-order chi connectivity index (χ1) is 17.3. The largest absolute Gasteiger partial charge is 0.384 e. The Morgan fingerprint density at radius 1 is 1.03 bits per heavy atom. The van der Waals surface area contributed by atoms with Crippen molar-refractivity contribution in [1.82, 2.24) is 20.1 Å². The van der Waals surface area contributed by atoms with Crippen LogP contribution in [0.4, 0.5) is 5.82 Å². The predicted molar refractivity (Wildman–Crippen MR) is 138 cm³/mol. The Labute approximate surface area is 214 Å². The summed E-state index contributed by atoms with van der Waals surface area (Å²) in [5.74, 6) is -0.143. The first kappa shape index (κ1) is 24.5. The molecule has 188 valence electrons. The second kappa shape index (κ2) is 9.67. The number of hydrogen-bond acceptors (Lipinski definition) is 6. The van der Waals surface area contributed by atoms with Crippen LogP contribution in [0.2, 0.25) is 5.02 Å². The standard InChI is InChI=1S/C27H30ClN5O3/c1-17-13-33(14-18(2)27(17,36)19-6-4-3-5-7-19)26(35)22-16-32(24-10-11-25(34)31-30-24)15-21(22)23-9-8-20(28)12-29-23/h3-12,17-18,21-22,36H,13-16H2,1-2H3,(H,31,34). The Kier molecular flexibility index (Phi) is 6.57. The minimum absolute atomic E-state index is 0.0393. The van der Waals surface area contributed by atoms with Crippen molar-refractivity contribution < 1.29 is 9.90 Å². The molecule has 8 nitrogen and oxygen atoms in total. The lowest BCUT2D eigenvalue weighted by molar-refractivity contribution is -0.152. The summed E-state index contributed by atoms with van der Waals surface area (Å²) in [6, 6.07) is 16.5. The van der Waals surface area contributed by atoms with E-state index in [0.717, 1.165) is 11.3 Å². The van der Waals surface area contributed by atoms with Crippen LogP contribution in [0.1, 0.15) is 31.0 Å². The smallest absolute Gasteiger partial charge is 0.264 e. The molecule has 3 aromatic rings. The van der Waals surface area contributed by atoms with Gasteiger partial charge in [0.05, 0.1) is 16.5 Å². The van der Waals surface area contributed by atoms with Gasteiger partial charge in [-0.15, -0.1) is 0 Å². The maximum absolute atomic E-state index is 14.0. The molecule has 0 radical (unpaired) electrons. The summed E-state index contributed by atoms with van der Waals surface area (Å²) < 4.78 is 0. The quantitative estimate of drug-likeness (QED) is 0.562. The Balaban J connectivity index is 1.41. The number of rotatable bonds is 4. The SMILES string of the molecule is CC1CN(C(=O)C2CN(c3ccc(=O)[nH]n3)CC2c2ccc(Cl)cn2)CC(C)C1(O)c1ccccc1. The van der Waals surface area contributed by atoms with Crippen LogP contribution in [-0.4, -0.2) is 57.3 Å². The molecule has 0 aliphatic carbocycles. The highest BCUT2D eigenvalue weighted by Gasteiger charge is 2.49. The lowest BCUT2D eigenvalue weighted by atomic mass is 9.70. The van der Waals surface area contributed by atoms with Crippen LogP contribution in [0, 0.1) is 17.8 Å². The third kappa shape index (κ3) is 4.40. The highest BCUT2D eigenvalue weighted by atomic mass is 35.5. The average molecular weight is 508 g/mol. The lowest BCUT2D eigenvalue weighted by Gasteiger charge is -2.48. The van der Waals surface area contributed by atoms with Crippen molar-refractivity contribution in [2.75, 3.05) is 31.1 Å². The summed E-state index contributed by atoms with van der Waals surface area (Å²) >= 11 is 6.07. The van der Waals surface area contributed by atoms with Gasteiger partial charge in [0.25, 0.3) is 5.56 Å². The van der Waals surface area contributed by atoms with Crippen LogP contribution in [-0.2, 0) is 10.4 Å². The van der Waals surface area contributed by atoms with Gasteiger partial charge < -0.3 is 14.9 Å². The highest BCUT2D eigenvalue weighted by molar-refractivity contribution is 6.30. The number of pyridine rings is 1. The van der Waals surface area contributed by atoms with E-state index in [4.69, 9.17) is 11.6 Å². The number of nitrogens with zero attached hydrogens (tertiary/aromatic N) is 4. The van der Waals surface area contributed by atoms with E-state index in [1.165, 1.54) is 6.07 Å². The number of aromatic nitrogens is 3. The van der Waals surface area contributed by atoms with Crippen molar-refractivity contribution in [2.45, 2.75) is 25.4 Å². The van der Waals surface area contributed by atoms with Gasteiger partial charge in [0.1, 0.15) is 5.82 Å². The van der Waals surface area contributed by atoms with Gasteiger partial charge in [-0.05, 0) is 23.8 Å². The molecule has 4 unspecified atom stereocenters. The molecular formula is C27H30ClN5O3. The minimum atomic E-state index is -1.00. The van der Waals surface area contributed by atoms with Crippen molar-refractivity contribution in [1.29, 1.82) is 0 Å². The molecule has 0 spiro atoms. The van der Waals surface area contributed by atoms with Gasteiger partial charge >= 0.3 is 0 Å². The van der Waals surface area contributed by atoms with Gasteiger partial charge in [0, 0.05) is 61.9 Å². The zero-order valence-electron chi connectivity index (χ0n) is 20.3. The molecule has 2 fully saturated rings. The summed E-state index contributed by atoms with van der Waals surface area (Å²) in [6.07, 6.45) is 1.60. The summed E-state index contributed by atoms with van der Waals surface area (Å²) in [5.41, 5.74) is 0.403. The third-order valence-corrected chi connectivity index (χ3v) is 8.02. The molecule has 4 atom stereocenters. The number of aromatic amines is 1. The second-order valence-corrected chi connectivity index (χ2v) is 10.5. The number of likely N-dealkylation sites (tertiary alicyclic amines) is 1. The predicted octanol–water partition coefficient (Wildman–Crippen LogP) is 3.04. The minimum Gasteiger partial charge on any atom is -0.384 e. The van der Waals surface area contributed by atoms with E-state index in [-0.39, 0.29) is 35.1 Å². The number of amides is 1.